The highest BCUT2D eigenvalue weighted by atomic mass is 35.5. The van der Waals surface area contributed by atoms with E-state index in [2.05, 4.69) is 30.2 Å². The van der Waals surface area contributed by atoms with Gasteiger partial charge in [-0.25, -0.2) is 0 Å². The molecular weight excluding hydrogens is 244 g/mol. The van der Waals surface area contributed by atoms with Crippen LogP contribution >= 0.6 is 11.6 Å². The van der Waals surface area contributed by atoms with Crippen LogP contribution in [0, 0.1) is 0 Å². The molecule has 0 fully saturated rings. The summed E-state index contributed by atoms with van der Waals surface area (Å²) >= 11 is 6.31. The normalized spacial score (nSPS) is 10.9. The predicted octanol–water partition coefficient (Wildman–Crippen LogP) is 3.90. The molecule has 0 bridgehead atoms. The van der Waals surface area contributed by atoms with Crippen molar-refractivity contribution >= 4 is 11.6 Å². The third-order valence-electron chi connectivity index (χ3n) is 2.69. The Bertz CT molecular complexity index is 509. The van der Waals surface area contributed by atoms with Crippen LogP contribution in [0.5, 0.6) is 0 Å². The Morgan fingerprint density at radius 2 is 2.06 bits per heavy atom. The van der Waals surface area contributed by atoms with Crippen LogP contribution in [-0.4, -0.2) is 11.0 Å². The number of benzene rings is 1. The average molecular weight is 261 g/mol. The summed E-state index contributed by atoms with van der Waals surface area (Å²) < 4.78 is 0. The van der Waals surface area contributed by atoms with Gasteiger partial charge in [-0.05, 0) is 23.8 Å². The largest absolute Gasteiger partial charge is 0.310 e. The van der Waals surface area contributed by atoms with Crippen molar-refractivity contribution in [2.45, 2.75) is 26.4 Å². The standard InChI is InChI=1S/C15H17ClN2/c1-11(2)18-10-12-6-7-13(14(16)9-12)15-5-3-4-8-17-15/h3-9,11,18H,10H2,1-2H3. The SMILES string of the molecule is CC(C)NCc1ccc(-c2ccccn2)c(Cl)c1. The van der Waals surface area contributed by atoms with E-state index in [4.69, 9.17) is 11.6 Å². The number of aromatic nitrogens is 1. The van der Waals surface area contributed by atoms with Crippen LogP contribution in [0.4, 0.5) is 0 Å². The second kappa shape index (κ2) is 5.98. The molecule has 1 heterocycles. The van der Waals surface area contributed by atoms with Gasteiger partial charge in [0.1, 0.15) is 0 Å². The van der Waals surface area contributed by atoms with Crippen LogP contribution in [0.15, 0.2) is 42.6 Å². The molecule has 0 unspecified atom stereocenters. The van der Waals surface area contributed by atoms with Crippen molar-refractivity contribution in [3.63, 3.8) is 0 Å². The third kappa shape index (κ3) is 3.31. The molecule has 1 aromatic carbocycles. The van der Waals surface area contributed by atoms with Crippen molar-refractivity contribution in [3.05, 3.63) is 53.2 Å². The van der Waals surface area contributed by atoms with Gasteiger partial charge in [-0.15, -0.1) is 0 Å². The number of rotatable bonds is 4. The van der Waals surface area contributed by atoms with Gasteiger partial charge in [-0.2, -0.15) is 0 Å². The van der Waals surface area contributed by atoms with Crippen molar-refractivity contribution in [2.75, 3.05) is 0 Å². The van der Waals surface area contributed by atoms with E-state index in [1.54, 1.807) is 6.20 Å². The van der Waals surface area contributed by atoms with Gasteiger partial charge >= 0.3 is 0 Å². The fourth-order valence-corrected chi connectivity index (χ4v) is 2.02. The molecule has 2 aromatic rings. The lowest BCUT2D eigenvalue weighted by Gasteiger charge is -2.10. The van der Waals surface area contributed by atoms with Gasteiger partial charge in [0, 0.05) is 24.3 Å². The summed E-state index contributed by atoms with van der Waals surface area (Å²) in [5.41, 5.74) is 3.07. The molecule has 3 heteroatoms. The highest BCUT2D eigenvalue weighted by Gasteiger charge is 2.05. The van der Waals surface area contributed by atoms with Crippen molar-refractivity contribution in [3.8, 4) is 11.3 Å². The van der Waals surface area contributed by atoms with Crippen LogP contribution in [0.3, 0.4) is 0 Å². The first-order chi connectivity index (χ1) is 8.66. The molecule has 94 valence electrons. The molecule has 0 saturated carbocycles. The van der Waals surface area contributed by atoms with E-state index in [0.717, 1.165) is 22.8 Å². The van der Waals surface area contributed by atoms with E-state index in [1.807, 2.05) is 30.3 Å². The molecule has 0 aliphatic rings. The number of hydrogen-bond donors (Lipinski definition) is 1. The molecule has 2 rings (SSSR count). The van der Waals surface area contributed by atoms with Crippen LogP contribution in [0.1, 0.15) is 19.4 Å². The van der Waals surface area contributed by atoms with Crippen molar-refractivity contribution in [2.24, 2.45) is 0 Å². The summed E-state index contributed by atoms with van der Waals surface area (Å²) in [6.45, 7) is 5.09. The van der Waals surface area contributed by atoms with Crippen LogP contribution in [0.25, 0.3) is 11.3 Å². The van der Waals surface area contributed by atoms with Crippen LogP contribution < -0.4 is 5.32 Å². The lowest BCUT2D eigenvalue weighted by atomic mass is 10.1. The summed E-state index contributed by atoms with van der Waals surface area (Å²) in [5.74, 6) is 0. The Balaban J connectivity index is 2.20. The number of pyridine rings is 1. The fourth-order valence-electron chi connectivity index (χ4n) is 1.72. The summed E-state index contributed by atoms with van der Waals surface area (Å²) in [6, 6.07) is 12.4. The Morgan fingerprint density at radius 1 is 1.22 bits per heavy atom. The average Bonchev–Trinajstić information content (AvgIpc) is 2.37. The van der Waals surface area contributed by atoms with Gasteiger partial charge in [-0.1, -0.05) is 43.6 Å². The highest BCUT2D eigenvalue weighted by Crippen LogP contribution is 2.27. The second-order valence-corrected chi connectivity index (χ2v) is 4.97. The molecule has 1 aromatic heterocycles. The number of nitrogens with zero attached hydrogens (tertiary/aromatic N) is 1. The Labute approximate surface area is 113 Å². The molecule has 2 nitrogen and oxygen atoms in total. The van der Waals surface area contributed by atoms with Crippen molar-refractivity contribution < 1.29 is 0 Å². The van der Waals surface area contributed by atoms with Gasteiger partial charge in [0.05, 0.1) is 10.7 Å². The first kappa shape index (κ1) is 13.1. The molecule has 1 N–H and O–H groups in total. The first-order valence-corrected chi connectivity index (χ1v) is 6.48. The van der Waals surface area contributed by atoms with Gasteiger partial charge in [0.2, 0.25) is 0 Å². The maximum absolute atomic E-state index is 6.31. The minimum Gasteiger partial charge on any atom is -0.310 e. The van der Waals surface area contributed by atoms with Gasteiger partial charge in [0.25, 0.3) is 0 Å². The first-order valence-electron chi connectivity index (χ1n) is 6.10. The lowest BCUT2D eigenvalue weighted by Crippen LogP contribution is -2.21. The number of nitrogens with one attached hydrogen (secondary N) is 1. The molecule has 0 amide bonds. The van der Waals surface area contributed by atoms with Crippen LogP contribution in [-0.2, 0) is 6.54 Å². The maximum Gasteiger partial charge on any atom is 0.0716 e. The minimum atomic E-state index is 0.472. The third-order valence-corrected chi connectivity index (χ3v) is 3.00. The summed E-state index contributed by atoms with van der Waals surface area (Å²) in [4.78, 5) is 4.31. The van der Waals surface area contributed by atoms with E-state index in [-0.39, 0.29) is 0 Å². The lowest BCUT2D eigenvalue weighted by molar-refractivity contribution is 0.589. The minimum absolute atomic E-state index is 0.472. The number of halogens is 1. The summed E-state index contributed by atoms with van der Waals surface area (Å²) in [6.07, 6.45) is 1.78. The predicted molar refractivity (Wildman–Crippen MR) is 76.7 cm³/mol. The highest BCUT2D eigenvalue weighted by molar-refractivity contribution is 6.33. The Kier molecular flexibility index (Phi) is 4.34. The second-order valence-electron chi connectivity index (χ2n) is 4.56. The quantitative estimate of drug-likeness (QED) is 0.902. The fraction of sp³-hybridized carbons (Fsp3) is 0.267. The molecule has 0 spiro atoms. The Hall–Kier alpha value is -1.38. The topological polar surface area (TPSA) is 24.9 Å². The molecule has 0 radical (unpaired) electrons. The smallest absolute Gasteiger partial charge is 0.0716 e. The zero-order valence-corrected chi connectivity index (χ0v) is 11.4. The zero-order valence-electron chi connectivity index (χ0n) is 10.7. The molecule has 18 heavy (non-hydrogen) atoms. The molecule has 0 aliphatic carbocycles. The summed E-state index contributed by atoms with van der Waals surface area (Å²) in [7, 11) is 0. The Morgan fingerprint density at radius 3 is 2.67 bits per heavy atom. The van der Waals surface area contributed by atoms with Crippen molar-refractivity contribution in [1.29, 1.82) is 0 Å². The zero-order chi connectivity index (χ0) is 13.0. The van der Waals surface area contributed by atoms with E-state index in [1.165, 1.54) is 5.56 Å². The van der Waals surface area contributed by atoms with E-state index >= 15 is 0 Å². The summed E-state index contributed by atoms with van der Waals surface area (Å²) in [5, 5.41) is 4.12. The van der Waals surface area contributed by atoms with E-state index in [0.29, 0.717) is 6.04 Å². The molecule has 0 aliphatic heterocycles. The monoisotopic (exact) mass is 260 g/mol. The van der Waals surface area contributed by atoms with E-state index in [9.17, 15) is 0 Å². The van der Waals surface area contributed by atoms with Gasteiger partial charge in [0.15, 0.2) is 0 Å². The van der Waals surface area contributed by atoms with Gasteiger partial charge < -0.3 is 5.32 Å². The van der Waals surface area contributed by atoms with E-state index < -0.39 is 0 Å². The molecular formula is C15H17ClN2. The molecule has 0 atom stereocenters. The van der Waals surface area contributed by atoms with Crippen LogP contribution in [0.2, 0.25) is 5.02 Å². The maximum atomic E-state index is 6.31. The van der Waals surface area contributed by atoms with Crippen molar-refractivity contribution in [1.82, 2.24) is 10.3 Å². The molecule has 0 saturated heterocycles. The number of hydrogen-bond acceptors (Lipinski definition) is 2. The van der Waals surface area contributed by atoms with Gasteiger partial charge in [-0.3, -0.25) is 4.98 Å².